The van der Waals surface area contributed by atoms with E-state index in [0.29, 0.717) is 6.54 Å². The molecule has 0 radical (unpaired) electrons. The molecule has 0 unspecified atom stereocenters. The monoisotopic (exact) mass is 225 g/mol. The van der Waals surface area contributed by atoms with Crippen molar-refractivity contribution >= 4 is 18.1 Å². The van der Waals surface area contributed by atoms with Crippen LogP contribution in [0.2, 0.25) is 0 Å². The zero-order valence-electron chi connectivity index (χ0n) is 8.08. The maximum atomic E-state index is 12.4. The molecule has 0 aliphatic rings. The summed E-state index contributed by atoms with van der Waals surface area (Å²) in [7, 11) is 0. The van der Waals surface area contributed by atoms with Crippen LogP contribution < -0.4 is 5.73 Å². The standard InChI is InChI=1S/C8H13F2N3.ClH/c1-5(2)4-13-7(8(9)10)6(11)3-12-13;/h3,5,8H,4,11H2,1-2H3;1H. The molecule has 0 saturated carbocycles. The Kier molecular flexibility index (Phi) is 4.83. The van der Waals surface area contributed by atoms with E-state index in [-0.39, 0.29) is 29.7 Å². The number of nitrogens with two attached hydrogens (primary N) is 1. The summed E-state index contributed by atoms with van der Waals surface area (Å²) in [5.74, 6) is 0.275. The van der Waals surface area contributed by atoms with Crippen LogP contribution in [0.25, 0.3) is 0 Å². The fourth-order valence-corrected chi connectivity index (χ4v) is 1.14. The minimum Gasteiger partial charge on any atom is -0.396 e. The highest BCUT2D eigenvalue weighted by Crippen LogP contribution is 2.24. The molecule has 0 atom stereocenters. The van der Waals surface area contributed by atoms with Gasteiger partial charge in [-0.3, -0.25) is 4.68 Å². The molecule has 0 aromatic carbocycles. The molecule has 14 heavy (non-hydrogen) atoms. The Bertz CT molecular complexity index is 286. The van der Waals surface area contributed by atoms with E-state index in [9.17, 15) is 8.78 Å². The fraction of sp³-hybridized carbons (Fsp3) is 0.625. The third kappa shape index (κ3) is 2.83. The van der Waals surface area contributed by atoms with Gasteiger partial charge in [0.1, 0.15) is 5.69 Å². The van der Waals surface area contributed by atoms with Crippen LogP contribution in [-0.2, 0) is 6.54 Å². The molecular formula is C8H14ClF2N3. The van der Waals surface area contributed by atoms with Crippen molar-refractivity contribution < 1.29 is 8.78 Å². The van der Waals surface area contributed by atoms with Crippen molar-refractivity contribution in [2.24, 2.45) is 5.92 Å². The molecule has 3 nitrogen and oxygen atoms in total. The Morgan fingerprint density at radius 1 is 1.50 bits per heavy atom. The van der Waals surface area contributed by atoms with Crippen molar-refractivity contribution in [3.8, 4) is 0 Å². The third-order valence-corrected chi connectivity index (χ3v) is 1.65. The summed E-state index contributed by atoms with van der Waals surface area (Å²) >= 11 is 0. The lowest BCUT2D eigenvalue weighted by molar-refractivity contribution is 0.138. The molecule has 1 aromatic heterocycles. The topological polar surface area (TPSA) is 43.8 Å². The summed E-state index contributed by atoms with van der Waals surface area (Å²) < 4.78 is 26.1. The smallest absolute Gasteiger partial charge is 0.282 e. The van der Waals surface area contributed by atoms with E-state index in [0.717, 1.165) is 0 Å². The predicted molar refractivity (Wildman–Crippen MR) is 53.7 cm³/mol. The number of nitrogen functional groups attached to an aromatic ring is 1. The molecule has 0 aliphatic carbocycles. The van der Waals surface area contributed by atoms with Gasteiger partial charge in [0.15, 0.2) is 0 Å². The summed E-state index contributed by atoms with van der Waals surface area (Å²) in [5.41, 5.74) is 5.25. The van der Waals surface area contributed by atoms with Gasteiger partial charge in [0.05, 0.1) is 11.9 Å². The summed E-state index contributed by atoms with van der Waals surface area (Å²) in [6.07, 6.45) is -1.29. The van der Waals surface area contributed by atoms with Crippen LogP contribution in [0, 0.1) is 5.92 Å². The van der Waals surface area contributed by atoms with Crippen LogP contribution in [0.4, 0.5) is 14.5 Å². The van der Waals surface area contributed by atoms with Gasteiger partial charge in [0.2, 0.25) is 0 Å². The first-order valence-corrected chi connectivity index (χ1v) is 4.11. The zero-order valence-corrected chi connectivity index (χ0v) is 8.89. The molecular weight excluding hydrogens is 212 g/mol. The van der Waals surface area contributed by atoms with Gasteiger partial charge in [-0.15, -0.1) is 12.4 Å². The van der Waals surface area contributed by atoms with Gasteiger partial charge in [0.25, 0.3) is 6.43 Å². The first kappa shape index (κ1) is 13.2. The Labute approximate surface area is 87.7 Å². The van der Waals surface area contributed by atoms with E-state index in [1.165, 1.54) is 10.9 Å². The van der Waals surface area contributed by atoms with Crippen molar-refractivity contribution in [1.82, 2.24) is 9.78 Å². The highest BCUT2D eigenvalue weighted by Gasteiger charge is 2.18. The van der Waals surface area contributed by atoms with Crippen molar-refractivity contribution in [3.63, 3.8) is 0 Å². The second-order valence-electron chi connectivity index (χ2n) is 3.36. The minimum atomic E-state index is -2.55. The van der Waals surface area contributed by atoms with Gasteiger partial charge in [0, 0.05) is 6.54 Å². The van der Waals surface area contributed by atoms with Crippen molar-refractivity contribution in [2.75, 3.05) is 5.73 Å². The normalized spacial score (nSPS) is 10.7. The minimum absolute atomic E-state index is 0. The van der Waals surface area contributed by atoms with Gasteiger partial charge in [-0.05, 0) is 5.92 Å². The molecule has 1 rings (SSSR count). The molecule has 0 fully saturated rings. The first-order valence-electron chi connectivity index (χ1n) is 4.11. The maximum absolute atomic E-state index is 12.4. The highest BCUT2D eigenvalue weighted by atomic mass is 35.5. The van der Waals surface area contributed by atoms with Gasteiger partial charge >= 0.3 is 0 Å². The number of halogens is 3. The summed E-state index contributed by atoms with van der Waals surface area (Å²) in [4.78, 5) is 0. The number of aromatic nitrogens is 2. The van der Waals surface area contributed by atoms with Gasteiger partial charge in [-0.25, -0.2) is 8.78 Å². The van der Waals surface area contributed by atoms with Gasteiger partial charge < -0.3 is 5.73 Å². The molecule has 0 saturated heterocycles. The SMILES string of the molecule is CC(C)Cn1ncc(N)c1C(F)F.Cl. The summed E-state index contributed by atoms with van der Waals surface area (Å²) in [5, 5.41) is 3.79. The lowest BCUT2D eigenvalue weighted by Gasteiger charge is -2.09. The number of anilines is 1. The molecule has 0 amide bonds. The van der Waals surface area contributed by atoms with Crippen LogP contribution in [0.3, 0.4) is 0 Å². The molecule has 2 N–H and O–H groups in total. The Morgan fingerprint density at radius 3 is 2.50 bits per heavy atom. The highest BCUT2D eigenvalue weighted by molar-refractivity contribution is 5.85. The van der Waals surface area contributed by atoms with Crippen LogP contribution >= 0.6 is 12.4 Å². The largest absolute Gasteiger partial charge is 0.396 e. The molecule has 1 heterocycles. The van der Waals surface area contributed by atoms with E-state index in [4.69, 9.17) is 5.73 Å². The zero-order chi connectivity index (χ0) is 10.0. The van der Waals surface area contributed by atoms with Crippen LogP contribution in [0.15, 0.2) is 6.20 Å². The first-order chi connectivity index (χ1) is 6.02. The van der Waals surface area contributed by atoms with Crippen molar-refractivity contribution in [1.29, 1.82) is 0 Å². The van der Waals surface area contributed by atoms with Crippen LogP contribution in [-0.4, -0.2) is 9.78 Å². The summed E-state index contributed by atoms with van der Waals surface area (Å²) in [6, 6.07) is 0. The molecule has 1 aromatic rings. The Hall–Kier alpha value is -0.840. The number of nitrogens with zero attached hydrogens (tertiary/aromatic N) is 2. The summed E-state index contributed by atoms with van der Waals surface area (Å²) in [6.45, 7) is 4.34. The molecule has 0 spiro atoms. The third-order valence-electron chi connectivity index (χ3n) is 1.65. The average molecular weight is 226 g/mol. The number of hydrogen-bond donors (Lipinski definition) is 1. The Morgan fingerprint density at radius 2 is 2.07 bits per heavy atom. The Balaban J connectivity index is 0.00000169. The predicted octanol–water partition coefficient (Wildman–Crippen LogP) is 2.48. The second kappa shape index (κ2) is 5.14. The lowest BCUT2D eigenvalue weighted by atomic mass is 10.2. The van der Waals surface area contributed by atoms with E-state index in [1.807, 2.05) is 13.8 Å². The fourth-order valence-electron chi connectivity index (χ4n) is 1.14. The van der Waals surface area contributed by atoms with Gasteiger partial charge in [-0.1, -0.05) is 13.8 Å². The molecule has 0 aliphatic heterocycles. The molecule has 0 bridgehead atoms. The number of rotatable bonds is 3. The number of hydrogen-bond acceptors (Lipinski definition) is 2. The maximum Gasteiger partial charge on any atom is 0.282 e. The molecule has 6 heteroatoms. The van der Waals surface area contributed by atoms with Gasteiger partial charge in [-0.2, -0.15) is 5.10 Å². The van der Waals surface area contributed by atoms with E-state index >= 15 is 0 Å². The average Bonchev–Trinajstić information content (AvgIpc) is 2.30. The van der Waals surface area contributed by atoms with E-state index < -0.39 is 6.43 Å². The molecule has 82 valence electrons. The lowest BCUT2D eigenvalue weighted by Crippen LogP contribution is -2.10. The van der Waals surface area contributed by atoms with E-state index in [2.05, 4.69) is 5.10 Å². The van der Waals surface area contributed by atoms with E-state index in [1.54, 1.807) is 0 Å². The van der Waals surface area contributed by atoms with Crippen molar-refractivity contribution in [2.45, 2.75) is 26.8 Å². The van der Waals surface area contributed by atoms with Crippen LogP contribution in [0.1, 0.15) is 26.0 Å². The quantitative estimate of drug-likeness (QED) is 0.859. The number of alkyl halides is 2. The second-order valence-corrected chi connectivity index (χ2v) is 3.36. The van der Waals surface area contributed by atoms with Crippen LogP contribution in [0.5, 0.6) is 0 Å². The van der Waals surface area contributed by atoms with Crippen molar-refractivity contribution in [3.05, 3.63) is 11.9 Å².